The maximum atomic E-state index is 5.46. The van der Waals surface area contributed by atoms with Gasteiger partial charge in [-0.3, -0.25) is 4.98 Å². The predicted octanol–water partition coefficient (Wildman–Crippen LogP) is 1.41. The first-order chi connectivity index (χ1) is 9.34. The second-order valence-corrected chi connectivity index (χ2v) is 4.17. The Labute approximate surface area is 115 Å². The van der Waals surface area contributed by atoms with E-state index in [4.69, 9.17) is 14.2 Å². The summed E-state index contributed by atoms with van der Waals surface area (Å²) in [5.74, 6) is 0. The van der Waals surface area contributed by atoms with Crippen molar-refractivity contribution in [1.29, 1.82) is 0 Å². The molecule has 0 bridgehead atoms. The average molecular weight is 268 g/mol. The van der Waals surface area contributed by atoms with Gasteiger partial charge in [0.1, 0.15) is 0 Å². The molecule has 0 aliphatic carbocycles. The molecule has 1 N–H and O–H groups in total. The summed E-state index contributed by atoms with van der Waals surface area (Å²) in [6.45, 7) is 6.12. The molecule has 0 saturated heterocycles. The molecule has 0 fully saturated rings. The normalized spacial score (nSPS) is 12.5. The fourth-order valence-electron chi connectivity index (χ4n) is 1.58. The summed E-state index contributed by atoms with van der Waals surface area (Å²) in [7, 11) is 1.66. The smallest absolute Gasteiger partial charge is 0.0701 e. The van der Waals surface area contributed by atoms with Gasteiger partial charge in [-0.05, 0) is 24.6 Å². The van der Waals surface area contributed by atoms with Gasteiger partial charge in [-0.2, -0.15) is 0 Å². The summed E-state index contributed by atoms with van der Waals surface area (Å²) >= 11 is 0. The lowest BCUT2D eigenvalue weighted by Gasteiger charge is -2.14. The van der Waals surface area contributed by atoms with Crippen LogP contribution in [0.25, 0.3) is 0 Å². The number of aromatic nitrogens is 1. The Balaban J connectivity index is 1.93. The number of methoxy groups -OCH3 is 1. The van der Waals surface area contributed by atoms with Gasteiger partial charge in [0.25, 0.3) is 0 Å². The number of hydrogen-bond acceptors (Lipinski definition) is 5. The Bertz CT molecular complexity index is 309. The van der Waals surface area contributed by atoms with Crippen molar-refractivity contribution in [1.82, 2.24) is 10.3 Å². The molecule has 0 unspecified atom stereocenters. The van der Waals surface area contributed by atoms with Gasteiger partial charge in [-0.25, -0.2) is 0 Å². The Kier molecular flexibility index (Phi) is 9.18. The van der Waals surface area contributed by atoms with E-state index in [2.05, 4.69) is 17.2 Å². The Hall–Kier alpha value is -1.01. The molecule has 0 aromatic carbocycles. The molecule has 0 aliphatic heterocycles. The molecule has 0 saturated carbocycles. The van der Waals surface area contributed by atoms with E-state index in [1.54, 1.807) is 19.5 Å². The zero-order chi connectivity index (χ0) is 13.8. The number of rotatable bonds is 11. The van der Waals surface area contributed by atoms with E-state index < -0.39 is 0 Å². The van der Waals surface area contributed by atoms with Crippen LogP contribution >= 0.6 is 0 Å². The van der Waals surface area contributed by atoms with Crippen LogP contribution in [0.2, 0.25) is 0 Å². The van der Waals surface area contributed by atoms with Crippen LogP contribution in [0.15, 0.2) is 24.5 Å². The van der Waals surface area contributed by atoms with Crippen molar-refractivity contribution in [3.8, 4) is 0 Å². The van der Waals surface area contributed by atoms with E-state index in [0.717, 1.165) is 6.54 Å². The fraction of sp³-hybridized carbons (Fsp3) is 0.643. The highest BCUT2D eigenvalue weighted by Crippen LogP contribution is 2.09. The van der Waals surface area contributed by atoms with Crippen LogP contribution in [-0.4, -0.2) is 51.7 Å². The zero-order valence-electron chi connectivity index (χ0n) is 11.8. The highest BCUT2D eigenvalue weighted by molar-refractivity contribution is 5.13. The molecule has 1 aromatic rings. The molecule has 0 spiro atoms. The van der Waals surface area contributed by atoms with Gasteiger partial charge in [0.05, 0.1) is 33.0 Å². The van der Waals surface area contributed by atoms with Crippen molar-refractivity contribution in [2.24, 2.45) is 0 Å². The van der Waals surface area contributed by atoms with Gasteiger partial charge in [0, 0.05) is 32.1 Å². The largest absolute Gasteiger partial charge is 0.382 e. The minimum Gasteiger partial charge on any atom is -0.382 e. The minimum absolute atomic E-state index is 0.310. The fourth-order valence-corrected chi connectivity index (χ4v) is 1.58. The lowest BCUT2D eigenvalue weighted by Crippen LogP contribution is -2.24. The van der Waals surface area contributed by atoms with E-state index in [1.807, 2.05) is 12.1 Å². The molecule has 1 heterocycles. The predicted molar refractivity (Wildman–Crippen MR) is 74.2 cm³/mol. The van der Waals surface area contributed by atoms with Crippen LogP contribution in [0.5, 0.6) is 0 Å². The van der Waals surface area contributed by atoms with Crippen molar-refractivity contribution in [3.05, 3.63) is 30.1 Å². The van der Waals surface area contributed by atoms with Crippen molar-refractivity contribution in [2.45, 2.75) is 13.0 Å². The SMILES string of the molecule is COCCOCCOCCN[C@H](C)c1ccncc1. The van der Waals surface area contributed by atoms with Crippen LogP contribution in [0, 0.1) is 0 Å². The van der Waals surface area contributed by atoms with Crippen molar-refractivity contribution in [2.75, 3.05) is 46.7 Å². The van der Waals surface area contributed by atoms with E-state index in [-0.39, 0.29) is 0 Å². The lowest BCUT2D eigenvalue weighted by atomic mass is 10.1. The maximum Gasteiger partial charge on any atom is 0.0701 e. The monoisotopic (exact) mass is 268 g/mol. The van der Waals surface area contributed by atoms with Crippen LogP contribution < -0.4 is 5.32 Å². The third kappa shape index (κ3) is 7.89. The van der Waals surface area contributed by atoms with Crippen molar-refractivity contribution >= 4 is 0 Å². The van der Waals surface area contributed by atoms with Gasteiger partial charge >= 0.3 is 0 Å². The average Bonchev–Trinajstić information content (AvgIpc) is 2.46. The molecule has 0 aliphatic rings. The molecule has 19 heavy (non-hydrogen) atoms. The Morgan fingerprint density at radius 2 is 1.68 bits per heavy atom. The van der Waals surface area contributed by atoms with E-state index in [0.29, 0.717) is 39.1 Å². The third-order valence-electron chi connectivity index (χ3n) is 2.71. The Morgan fingerprint density at radius 1 is 1.05 bits per heavy atom. The molecule has 0 radical (unpaired) electrons. The quantitative estimate of drug-likeness (QED) is 0.615. The summed E-state index contributed by atoms with van der Waals surface area (Å²) in [5, 5.41) is 3.40. The maximum absolute atomic E-state index is 5.46. The summed E-state index contributed by atoms with van der Waals surface area (Å²) in [6, 6.07) is 4.34. The topological polar surface area (TPSA) is 52.6 Å². The first-order valence-electron chi connectivity index (χ1n) is 6.62. The van der Waals surface area contributed by atoms with Gasteiger partial charge in [-0.1, -0.05) is 0 Å². The minimum atomic E-state index is 0.310. The highest BCUT2D eigenvalue weighted by Gasteiger charge is 2.02. The van der Waals surface area contributed by atoms with E-state index >= 15 is 0 Å². The number of hydrogen-bond donors (Lipinski definition) is 1. The van der Waals surface area contributed by atoms with Gasteiger partial charge < -0.3 is 19.5 Å². The molecule has 5 nitrogen and oxygen atoms in total. The first-order valence-corrected chi connectivity index (χ1v) is 6.62. The van der Waals surface area contributed by atoms with Crippen LogP contribution in [0.3, 0.4) is 0 Å². The first kappa shape index (κ1) is 16.0. The molecule has 1 rings (SSSR count). The molecule has 1 atom stereocenters. The molecule has 1 aromatic heterocycles. The zero-order valence-corrected chi connectivity index (χ0v) is 11.8. The number of pyridine rings is 1. The summed E-state index contributed by atoms with van der Waals surface area (Å²) < 4.78 is 15.6. The molecular weight excluding hydrogens is 244 g/mol. The van der Waals surface area contributed by atoms with E-state index in [9.17, 15) is 0 Å². The van der Waals surface area contributed by atoms with Crippen LogP contribution in [0.1, 0.15) is 18.5 Å². The van der Waals surface area contributed by atoms with E-state index in [1.165, 1.54) is 5.56 Å². The number of nitrogens with one attached hydrogen (secondary N) is 1. The molecule has 0 amide bonds. The van der Waals surface area contributed by atoms with Gasteiger partial charge in [0.15, 0.2) is 0 Å². The van der Waals surface area contributed by atoms with Crippen LogP contribution in [-0.2, 0) is 14.2 Å². The second-order valence-electron chi connectivity index (χ2n) is 4.17. The highest BCUT2D eigenvalue weighted by atomic mass is 16.5. The second kappa shape index (κ2) is 10.9. The summed E-state index contributed by atoms with van der Waals surface area (Å²) in [6.07, 6.45) is 3.61. The number of nitrogens with zero attached hydrogens (tertiary/aromatic N) is 1. The molecule has 5 heteroatoms. The lowest BCUT2D eigenvalue weighted by molar-refractivity contribution is 0.0253. The van der Waals surface area contributed by atoms with Gasteiger partial charge in [-0.15, -0.1) is 0 Å². The Morgan fingerprint density at radius 3 is 2.37 bits per heavy atom. The standard InChI is InChI=1S/C14H24N2O3/c1-13(14-3-5-15-6-4-14)16-7-8-18-11-12-19-10-9-17-2/h3-6,13,16H,7-12H2,1-2H3/t13-/m1/s1. The van der Waals surface area contributed by atoms with Crippen molar-refractivity contribution in [3.63, 3.8) is 0 Å². The van der Waals surface area contributed by atoms with Crippen molar-refractivity contribution < 1.29 is 14.2 Å². The molecular formula is C14H24N2O3. The number of ether oxygens (including phenoxy) is 3. The summed E-state index contributed by atoms with van der Waals surface area (Å²) in [5.41, 5.74) is 1.23. The third-order valence-corrected chi connectivity index (χ3v) is 2.71. The summed E-state index contributed by atoms with van der Waals surface area (Å²) in [4.78, 5) is 4.00. The van der Waals surface area contributed by atoms with Crippen LogP contribution in [0.4, 0.5) is 0 Å². The van der Waals surface area contributed by atoms with Gasteiger partial charge in [0.2, 0.25) is 0 Å². The molecule has 108 valence electrons.